The van der Waals surface area contributed by atoms with Gasteiger partial charge in [-0.15, -0.1) is 0 Å². The van der Waals surface area contributed by atoms with Gasteiger partial charge < -0.3 is 9.47 Å². The smallest absolute Gasteiger partial charge is 0.168 e. The van der Waals surface area contributed by atoms with Crippen LogP contribution in [0.2, 0.25) is 0 Å². The molecule has 0 spiro atoms. The molecule has 4 nitrogen and oxygen atoms in total. The third-order valence-electron chi connectivity index (χ3n) is 1.89. The first kappa shape index (κ1) is 9.48. The van der Waals surface area contributed by atoms with Gasteiger partial charge in [0.2, 0.25) is 0 Å². The molecule has 1 aromatic carbocycles. The summed E-state index contributed by atoms with van der Waals surface area (Å²) in [6.07, 6.45) is 0.214. The summed E-state index contributed by atoms with van der Waals surface area (Å²) in [4.78, 5) is 0.301. The Labute approximate surface area is 83.4 Å². The molecule has 5 heteroatoms. The molecule has 1 unspecified atom stereocenters. The SMILES string of the molecule is O=[SH](=O)c1ccc(OCC2CO2)cc1. The highest BCUT2D eigenvalue weighted by atomic mass is 32.2. The van der Waals surface area contributed by atoms with Crippen molar-refractivity contribution in [2.75, 3.05) is 13.2 Å². The molecule has 0 bridgehead atoms. The quantitative estimate of drug-likeness (QED) is 0.583. The molecule has 0 amide bonds. The largest absolute Gasteiger partial charge is 0.491 e. The van der Waals surface area contributed by atoms with E-state index in [0.29, 0.717) is 17.3 Å². The van der Waals surface area contributed by atoms with Gasteiger partial charge in [0.1, 0.15) is 18.5 Å². The first-order chi connectivity index (χ1) is 6.75. The minimum Gasteiger partial charge on any atom is -0.491 e. The Balaban J connectivity index is 1.97. The van der Waals surface area contributed by atoms with Crippen LogP contribution >= 0.6 is 0 Å². The highest BCUT2D eigenvalue weighted by Crippen LogP contribution is 2.16. The molecule has 76 valence electrons. The van der Waals surface area contributed by atoms with Crippen molar-refractivity contribution in [2.45, 2.75) is 11.0 Å². The Hall–Kier alpha value is -1.07. The van der Waals surface area contributed by atoms with Gasteiger partial charge in [-0.1, -0.05) is 0 Å². The summed E-state index contributed by atoms with van der Waals surface area (Å²) in [5.74, 6) is 0.668. The van der Waals surface area contributed by atoms with Crippen molar-refractivity contribution in [3.05, 3.63) is 24.3 Å². The van der Waals surface area contributed by atoms with Crippen molar-refractivity contribution in [1.82, 2.24) is 0 Å². The summed E-state index contributed by atoms with van der Waals surface area (Å²) >= 11 is 0. The minimum absolute atomic E-state index is 0.214. The number of benzene rings is 1. The molecule has 0 aliphatic carbocycles. The molecule has 14 heavy (non-hydrogen) atoms. The maximum atomic E-state index is 10.6. The van der Waals surface area contributed by atoms with E-state index < -0.39 is 10.7 Å². The molecular weight excluding hydrogens is 204 g/mol. The predicted octanol–water partition coefficient (Wildman–Crippen LogP) is 0.435. The summed E-state index contributed by atoms with van der Waals surface area (Å²) in [6.45, 7) is 1.29. The van der Waals surface area contributed by atoms with Crippen LogP contribution < -0.4 is 4.74 Å². The maximum Gasteiger partial charge on any atom is 0.168 e. The molecule has 1 aliphatic rings. The molecule has 1 fully saturated rings. The van der Waals surface area contributed by atoms with Gasteiger partial charge in [0.25, 0.3) is 0 Å². The summed E-state index contributed by atoms with van der Waals surface area (Å²) in [5, 5.41) is 0. The topological polar surface area (TPSA) is 55.9 Å². The molecule has 2 rings (SSSR count). The number of thiol groups is 1. The molecule has 1 heterocycles. The Morgan fingerprint density at radius 2 is 2.00 bits per heavy atom. The van der Waals surface area contributed by atoms with Crippen molar-refractivity contribution >= 4 is 10.7 Å². The van der Waals surface area contributed by atoms with E-state index in [4.69, 9.17) is 9.47 Å². The molecule has 0 saturated carbocycles. The molecule has 1 atom stereocenters. The highest BCUT2D eigenvalue weighted by Gasteiger charge is 2.22. The van der Waals surface area contributed by atoms with Crippen molar-refractivity contribution < 1.29 is 17.9 Å². The standard InChI is InChI=1S/C9H10O4S/c10-14(11)9-3-1-7(2-4-9)12-5-8-6-13-8/h1-4,8,14H,5-6H2. The third kappa shape index (κ3) is 2.46. The zero-order valence-electron chi connectivity index (χ0n) is 7.38. The summed E-state index contributed by atoms with van der Waals surface area (Å²) < 4.78 is 31.4. The average molecular weight is 214 g/mol. The van der Waals surface area contributed by atoms with E-state index in [0.717, 1.165) is 6.61 Å². The fourth-order valence-corrected chi connectivity index (χ4v) is 1.41. The Kier molecular flexibility index (Phi) is 2.69. The number of rotatable bonds is 4. The molecule has 1 aromatic rings. The van der Waals surface area contributed by atoms with Crippen molar-refractivity contribution in [3.8, 4) is 5.75 Å². The Bertz CT molecular complexity index is 370. The van der Waals surface area contributed by atoms with E-state index in [9.17, 15) is 8.42 Å². The lowest BCUT2D eigenvalue weighted by Gasteiger charge is -2.02. The van der Waals surface area contributed by atoms with Gasteiger partial charge in [-0.2, -0.15) is 0 Å². The monoisotopic (exact) mass is 214 g/mol. The summed E-state index contributed by atoms with van der Waals surface area (Å²) in [7, 11) is -2.50. The summed E-state index contributed by atoms with van der Waals surface area (Å²) in [5.41, 5.74) is 0. The Morgan fingerprint density at radius 1 is 1.36 bits per heavy atom. The van der Waals surface area contributed by atoms with Gasteiger partial charge in [-0.05, 0) is 24.3 Å². The lowest BCUT2D eigenvalue weighted by molar-refractivity contribution is 0.263. The van der Waals surface area contributed by atoms with Crippen molar-refractivity contribution in [3.63, 3.8) is 0 Å². The van der Waals surface area contributed by atoms with Crippen LogP contribution in [-0.4, -0.2) is 27.7 Å². The molecule has 0 N–H and O–H groups in total. The van der Waals surface area contributed by atoms with Crippen LogP contribution in [0.4, 0.5) is 0 Å². The van der Waals surface area contributed by atoms with Gasteiger partial charge >= 0.3 is 0 Å². The van der Waals surface area contributed by atoms with E-state index in [1.54, 1.807) is 12.1 Å². The fourth-order valence-electron chi connectivity index (χ4n) is 1.02. The van der Waals surface area contributed by atoms with E-state index in [1.165, 1.54) is 12.1 Å². The van der Waals surface area contributed by atoms with Crippen LogP contribution in [0.25, 0.3) is 0 Å². The molecule has 1 aliphatic heterocycles. The Morgan fingerprint density at radius 3 is 2.50 bits per heavy atom. The number of epoxide rings is 1. The highest BCUT2D eigenvalue weighted by molar-refractivity contribution is 7.72. The second-order valence-corrected chi connectivity index (χ2v) is 4.05. The van der Waals surface area contributed by atoms with Crippen LogP contribution in [0.3, 0.4) is 0 Å². The first-order valence-electron chi connectivity index (χ1n) is 4.24. The molecule has 0 aromatic heterocycles. The zero-order valence-corrected chi connectivity index (χ0v) is 8.28. The maximum absolute atomic E-state index is 10.6. The van der Waals surface area contributed by atoms with Gasteiger partial charge in [-0.3, -0.25) is 0 Å². The molecular formula is C9H10O4S. The van der Waals surface area contributed by atoms with Gasteiger partial charge in [0.15, 0.2) is 10.7 Å². The van der Waals surface area contributed by atoms with Gasteiger partial charge in [0.05, 0.1) is 11.5 Å². The number of ether oxygens (including phenoxy) is 2. The molecule has 1 saturated heterocycles. The zero-order chi connectivity index (χ0) is 9.97. The average Bonchev–Trinajstić information content (AvgIpc) is 2.99. The van der Waals surface area contributed by atoms with E-state index in [1.807, 2.05) is 0 Å². The third-order valence-corrected chi connectivity index (χ3v) is 2.61. The van der Waals surface area contributed by atoms with Gasteiger partial charge in [-0.25, -0.2) is 8.42 Å². The van der Waals surface area contributed by atoms with Crippen LogP contribution in [0.15, 0.2) is 29.2 Å². The second kappa shape index (κ2) is 3.98. The van der Waals surface area contributed by atoms with Crippen molar-refractivity contribution in [2.24, 2.45) is 0 Å². The summed E-state index contributed by atoms with van der Waals surface area (Å²) in [6, 6.07) is 6.33. The second-order valence-electron chi connectivity index (χ2n) is 3.02. The van der Waals surface area contributed by atoms with E-state index in [2.05, 4.69) is 0 Å². The lowest BCUT2D eigenvalue weighted by Crippen LogP contribution is -2.03. The van der Waals surface area contributed by atoms with Crippen molar-refractivity contribution in [1.29, 1.82) is 0 Å². The first-order valence-corrected chi connectivity index (χ1v) is 5.42. The lowest BCUT2D eigenvalue weighted by atomic mass is 10.3. The minimum atomic E-state index is -2.50. The normalized spacial score (nSPS) is 19.6. The van der Waals surface area contributed by atoms with E-state index >= 15 is 0 Å². The van der Waals surface area contributed by atoms with Crippen LogP contribution in [0, 0.1) is 0 Å². The van der Waals surface area contributed by atoms with Gasteiger partial charge in [0, 0.05) is 0 Å². The number of hydrogen-bond acceptors (Lipinski definition) is 4. The van der Waals surface area contributed by atoms with Crippen LogP contribution in [-0.2, 0) is 15.4 Å². The van der Waals surface area contributed by atoms with Crippen LogP contribution in [0.1, 0.15) is 0 Å². The van der Waals surface area contributed by atoms with Crippen LogP contribution in [0.5, 0.6) is 5.75 Å². The molecule has 0 radical (unpaired) electrons. The predicted molar refractivity (Wildman–Crippen MR) is 50.3 cm³/mol. The fraction of sp³-hybridized carbons (Fsp3) is 0.333. The van der Waals surface area contributed by atoms with E-state index in [-0.39, 0.29) is 6.10 Å². The number of hydrogen-bond donors (Lipinski definition) is 1.